The molecule has 1 rings (SSSR count). The van der Waals surface area contributed by atoms with Crippen molar-refractivity contribution in [2.45, 2.75) is 13.3 Å². The summed E-state index contributed by atoms with van der Waals surface area (Å²) < 4.78 is 0. The second-order valence-electron chi connectivity index (χ2n) is 1.71. The number of pyridine rings is 1. The molecule has 2 heteroatoms. The molecule has 0 aliphatic rings. The lowest BCUT2D eigenvalue weighted by Gasteiger charge is -1.88. The topological polar surface area (TPSA) is 33.1 Å². The van der Waals surface area contributed by atoms with Gasteiger partial charge in [-0.3, -0.25) is 4.98 Å². The fourth-order valence-electron chi connectivity index (χ4n) is 0.607. The van der Waals surface area contributed by atoms with Gasteiger partial charge < -0.3 is 5.11 Å². The Hall–Kier alpha value is -0.890. The lowest BCUT2D eigenvalue weighted by atomic mass is 10.2. The fraction of sp³-hybridized carbons (Fsp3) is 0.375. The molecular weight excluding hydrogens is 126 g/mol. The van der Waals surface area contributed by atoms with Crippen molar-refractivity contribution in [2.24, 2.45) is 0 Å². The number of aliphatic hydroxyl groups excluding tert-OH is 1. The minimum absolute atomic E-state index is 1.00. The molecule has 0 aliphatic heterocycles. The predicted octanol–water partition coefficient (Wildman–Crippen LogP) is 1.25. The number of aromatic nitrogens is 1. The largest absolute Gasteiger partial charge is 0.400 e. The summed E-state index contributed by atoms with van der Waals surface area (Å²) in [5.74, 6) is 0. The van der Waals surface area contributed by atoms with Crippen LogP contribution in [0.15, 0.2) is 24.5 Å². The lowest BCUT2D eigenvalue weighted by molar-refractivity contribution is 0.399. The molecule has 0 saturated heterocycles. The highest BCUT2D eigenvalue weighted by molar-refractivity contribution is 5.07. The summed E-state index contributed by atoms with van der Waals surface area (Å²) in [4.78, 5) is 3.96. The average molecular weight is 139 g/mol. The van der Waals surface area contributed by atoms with Crippen LogP contribution in [0.1, 0.15) is 12.5 Å². The van der Waals surface area contributed by atoms with Gasteiger partial charge in [0.15, 0.2) is 0 Å². The van der Waals surface area contributed by atoms with Crippen LogP contribution in [0.3, 0.4) is 0 Å². The Kier molecular flexibility index (Phi) is 5.68. The smallest absolute Gasteiger partial charge is 0.0319 e. The summed E-state index contributed by atoms with van der Waals surface area (Å²) in [5, 5.41) is 7.00. The van der Waals surface area contributed by atoms with E-state index >= 15 is 0 Å². The van der Waals surface area contributed by atoms with Gasteiger partial charge in [0.1, 0.15) is 0 Å². The molecule has 0 aliphatic carbocycles. The van der Waals surface area contributed by atoms with Crippen molar-refractivity contribution in [3.63, 3.8) is 0 Å². The zero-order valence-corrected chi connectivity index (χ0v) is 6.41. The molecule has 10 heavy (non-hydrogen) atoms. The van der Waals surface area contributed by atoms with E-state index in [1.807, 2.05) is 12.3 Å². The highest BCUT2D eigenvalue weighted by atomic mass is 16.2. The summed E-state index contributed by atoms with van der Waals surface area (Å²) in [6, 6.07) is 4.03. The third-order valence-electron chi connectivity index (χ3n) is 1.13. The molecular formula is C8H13NO. The van der Waals surface area contributed by atoms with Crippen LogP contribution in [0, 0.1) is 0 Å². The third kappa shape index (κ3) is 3.20. The molecule has 1 heterocycles. The van der Waals surface area contributed by atoms with Crippen LogP contribution in [0.25, 0.3) is 0 Å². The molecule has 0 fully saturated rings. The molecule has 0 unspecified atom stereocenters. The first-order valence-electron chi connectivity index (χ1n) is 3.27. The second-order valence-corrected chi connectivity index (χ2v) is 1.71. The molecule has 2 nitrogen and oxygen atoms in total. The SMILES string of the molecule is CCc1cccnc1.CO. The number of hydrogen-bond acceptors (Lipinski definition) is 2. The minimum atomic E-state index is 1.00. The summed E-state index contributed by atoms with van der Waals surface area (Å²) >= 11 is 0. The average Bonchev–Trinajstić information content (AvgIpc) is 2.10. The van der Waals surface area contributed by atoms with Crippen molar-refractivity contribution < 1.29 is 5.11 Å². The molecule has 1 aromatic heterocycles. The van der Waals surface area contributed by atoms with Gasteiger partial charge in [-0.2, -0.15) is 0 Å². The van der Waals surface area contributed by atoms with Crippen LogP contribution in [0.4, 0.5) is 0 Å². The first kappa shape index (κ1) is 9.11. The second kappa shape index (κ2) is 6.23. The highest BCUT2D eigenvalue weighted by Gasteiger charge is 1.81. The van der Waals surface area contributed by atoms with E-state index in [1.54, 1.807) is 6.20 Å². The Morgan fingerprint density at radius 1 is 1.50 bits per heavy atom. The fourth-order valence-corrected chi connectivity index (χ4v) is 0.607. The Labute approximate surface area is 61.5 Å². The number of nitrogens with zero attached hydrogens (tertiary/aromatic N) is 1. The number of rotatable bonds is 1. The van der Waals surface area contributed by atoms with E-state index in [0.29, 0.717) is 0 Å². The molecule has 0 radical (unpaired) electrons. The summed E-state index contributed by atoms with van der Waals surface area (Å²) in [5.41, 5.74) is 1.30. The van der Waals surface area contributed by atoms with Gasteiger partial charge in [0.2, 0.25) is 0 Å². The van der Waals surface area contributed by atoms with Crippen molar-refractivity contribution in [2.75, 3.05) is 7.11 Å². The normalized spacial score (nSPS) is 7.90. The van der Waals surface area contributed by atoms with E-state index in [4.69, 9.17) is 5.11 Å². The minimum Gasteiger partial charge on any atom is -0.400 e. The van der Waals surface area contributed by atoms with Crippen LogP contribution >= 0.6 is 0 Å². The summed E-state index contributed by atoms with van der Waals surface area (Å²) in [6.07, 6.45) is 4.76. The van der Waals surface area contributed by atoms with Gasteiger partial charge in [0.05, 0.1) is 0 Å². The Bertz CT molecular complexity index is 151. The van der Waals surface area contributed by atoms with Gasteiger partial charge >= 0.3 is 0 Å². The maximum absolute atomic E-state index is 7.00. The first-order valence-corrected chi connectivity index (χ1v) is 3.27. The van der Waals surface area contributed by atoms with E-state index in [1.165, 1.54) is 5.56 Å². The Morgan fingerprint density at radius 2 is 2.20 bits per heavy atom. The van der Waals surface area contributed by atoms with Crippen LogP contribution < -0.4 is 0 Å². The van der Waals surface area contributed by atoms with Gasteiger partial charge in [-0.1, -0.05) is 13.0 Å². The van der Waals surface area contributed by atoms with Crippen molar-refractivity contribution in [1.29, 1.82) is 0 Å². The summed E-state index contributed by atoms with van der Waals surface area (Å²) in [6.45, 7) is 2.12. The first-order chi connectivity index (χ1) is 4.93. The van der Waals surface area contributed by atoms with Gasteiger partial charge in [0, 0.05) is 19.5 Å². The quantitative estimate of drug-likeness (QED) is 0.635. The number of aryl methyl sites for hydroxylation is 1. The highest BCUT2D eigenvalue weighted by Crippen LogP contribution is 1.93. The Balaban J connectivity index is 0.000000371. The molecule has 0 aromatic carbocycles. The molecule has 0 saturated carbocycles. The number of hydrogen-bond donors (Lipinski definition) is 1. The monoisotopic (exact) mass is 139 g/mol. The predicted molar refractivity (Wildman–Crippen MR) is 41.8 cm³/mol. The lowest BCUT2D eigenvalue weighted by Crippen LogP contribution is -1.77. The maximum atomic E-state index is 7.00. The van der Waals surface area contributed by atoms with Gasteiger partial charge in [0.25, 0.3) is 0 Å². The molecule has 1 N–H and O–H groups in total. The van der Waals surface area contributed by atoms with Crippen molar-refractivity contribution >= 4 is 0 Å². The maximum Gasteiger partial charge on any atom is 0.0319 e. The van der Waals surface area contributed by atoms with Gasteiger partial charge in [-0.15, -0.1) is 0 Å². The zero-order chi connectivity index (χ0) is 7.82. The Morgan fingerprint density at radius 3 is 2.50 bits per heavy atom. The standard InChI is InChI=1S/C7H9N.CH4O/c1-2-7-4-3-5-8-6-7;1-2/h3-6H,2H2,1H3;2H,1H3. The van der Waals surface area contributed by atoms with Crippen LogP contribution in [0.2, 0.25) is 0 Å². The van der Waals surface area contributed by atoms with Crippen LogP contribution in [0.5, 0.6) is 0 Å². The van der Waals surface area contributed by atoms with Crippen LogP contribution in [-0.2, 0) is 6.42 Å². The molecule has 0 amide bonds. The van der Waals surface area contributed by atoms with Gasteiger partial charge in [-0.05, 0) is 18.1 Å². The van der Waals surface area contributed by atoms with E-state index in [-0.39, 0.29) is 0 Å². The van der Waals surface area contributed by atoms with Crippen LogP contribution in [-0.4, -0.2) is 17.2 Å². The zero-order valence-electron chi connectivity index (χ0n) is 6.41. The third-order valence-corrected chi connectivity index (χ3v) is 1.13. The van der Waals surface area contributed by atoms with Crippen molar-refractivity contribution in [3.8, 4) is 0 Å². The molecule has 1 aromatic rings. The molecule has 56 valence electrons. The van der Waals surface area contributed by atoms with E-state index in [9.17, 15) is 0 Å². The van der Waals surface area contributed by atoms with Gasteiger partial charge in [-0.25, -0.2) is 0 Å². The van der Waals surface area contributed by atoms with Crippen molar-refractivity contribution in [3.05, 3.63) is 30.1 Å². The molecule has 0 spiro atoms. The van der Waals surface area contributed by atoms with E-state index < -0.39 is 0 Å². The molecule has 0 atom stereocenters. The molecule has 0 bridgehead atoms. The number of aliphatic hydroxyl groups is 1. The van der Waals surface area contributed by atoms with Crippen molar-refractivity contribution in [1.82, 2.24) is 4.98 Å². The van der Waals surface area contributed by atoms with E-state index in [0.717, 1.165) is 13.5 Å². The summed E-state index contributed by atoms with van der Waals surface area (Å²) in [7, 11) is 1.00. The van der Waals surface area contributed by atoms with E-state index in [2.05, 4.69) is 18.0 Å².